The molecule has 0 radical (unpaired) electrons. The number of rotatable bonds is 3. The third-order valence-corrected chi connectivity index (χ3v) is 2.03. The zero-order chi connectivity index (χ0) is 11.6. The Morgan fingerprint density at radius 3 is 2.87 bits per heavy atom. The maximum atomic E-state index is 11.1. The van der Waals surface area contributed by atoms with Crippen molar-refractivity contribution in [3.8, 4) is 0 Å². The van der Waals surface area contributed by atoms with Gasteiger partial charge in [-0.25, -0.2) is 5.84 Å². The maximum absolute atomic E-state index is 11.1. The molecule has 8 nitrogen and oxygen atoms in total. The first-order chi connectivity index (χ1) is 6.97. The van der Waals surface area contributed by atoms with Crippen LogP contribution >= 0.6 is 11.6 Å². The van der Waals surface area contributed by atoms with E-state index in [4.69, 9.17) is 17.4 Å². The zero-order valence-electron chi connectivity index (χ0n) is 7.68. The molecular formula is C6H8ClN5O3. The average molecular weight is 234 g/mol. The summed E-state index contributed by atoms with van der Waals surface area (Å²) in [4.78, 5) is 20.8. The number of carbonyl (C=O) groups excluding carboxylic acids is 1. The molecule has 0 aliphatic rings. The lowest BCUT2D eigenvalue weighted by atomic mass is 10.3. The fourth-order valence-corrected chi connectivity index (χ4v) is 1.13. The summed E-state index contributed by atoms with van der Waals surface area (Å²) in [6.07, 6.45) is 1.19. The molecule has 1 heterocycles. The zero-order valence-corrected chi connectivity index (χ0v) is 8.43. The van der Waals surface area contributed by atoms with Crippen LogP contribution in [-0.4, -0.2) is 20.6 Å². The quantitative estimate of drug-likeness (QED) is 0.330. The van der Waals surface area contributed by atoms with Gasteiger partial charge < -0.3 is 10.1 Å². The Morgan fingerprint density at radius 2 is 2.47 bits per heavy atom. The van der Waals surface area contributed by atoms with Crippen molar-refractivity contribution < 1.29 is 9.72 Å². The van der Waals surface area contributed by atoms with E-state index in [-0.39, 0.29) is 5.02 Å². The molecule has 1 aromatic rings. The molecule has 9 heteroatoms. The SMILES string of the molecule is CC(C(=O)NN)n1cc(Cl)c([N+](=O)[O-])n1. The number of hydrogen-bond donors (Lipinski definition) is 2. The Bertz CT molecular complexity index is 403. The molecule has 82 valence electrons. The minimum atomic E-state index is -0.763. The van der Waals surface area contributed by atoms with Crippen LogP contribution in [0.15, 0.2) is 6.20 Å². The van der Waals surface area contributed by atoms with Gasteiger partial charge >= 0.3 is 5.82 Å². The molecule has 1 aromatic heterocycles. The highest BCUT2D eigenvalue weighted by Gasteiger charge is 2.24. The number of halogens is 1. The van der Waals surface area contributed by atoms with Gasteiger partial charge in [-0.15, -0.1) is 0 Å². The van der Waals surface area contributed by atoms with Crippen molar-refractivity contribution in [3.05, 3.63) is 21.3 Å². The van der Waals surface area contributed by atoms with Crippen molar-refractivity contribution in [1.29, 1.82) is 0 Å². The van der Waals surface area contributed by atoms with E-state index in [1.165, 1.54) is 13.1 Å². The summed E-state index contributed by atoms with van der Waals surface area (Å²) in [6.45, 7) is 1.48. The lowest BCUT2D eigenvalue weighted by Gasteiger charge is -2.05. The summed E-state index contributed by atoms with van der Waals surface area (Å²) in [5, 5.41) is 13.8. The summed E-state index contributed by atoms with van der Waals surface area (Å²) < 4.78 is 1.07. The fraction of sp³-hybridized carbons (Fsp3) is 0.333. The van der Waals surface area contributed by atoms with E-state index < -0.39 is 22.7 Å². The number of nitrogens with one attached hydrogen (secondary N) is 1. The van der Waals surface area contributed by atoms with E-state index in [0.29, 0.717) is 0 Å². The molecular weight excluding hydrogens is 226 g/mol. The van der Waals surface area contributed by atoms with Crippen LogP contribution in [0.5, 0.6) is 0 Å². The predicted octanol–water partition coefficient (Wildman–Crippen LogP) is -0.00440. The molecule has 15 heavy (non-hydrogen) atoms. The number of aromatic nitrogens is 2. The summed E-state index contributed by atoms with van der Waals surface area (Å²) in [6, 6.07) is -0.763. The normalized spacial score (nSPS) is 12.2. The van der Waals surface area contributed by atoms with Gasteiger partial charge in [-0.1, -0.05) is 11.6 Å². The molecule has 1 unspecified atom stereocenters. The maximum Gasteiger partial charge on any atom is 0.408 e. The first-order valence-electron chi connectivity index (χ1n) is 3.87. The Kier molecular flexibility index (Phi) is 3.22. The van der Waals surface area contributed by atoms with Crippen molar-refractivity contribution >= 4 is 23.3 Å². The van der Waals surface area contributed by atoms with Gasteiger partial charge in [-0.2, -0.15) is 4.68 Å². The Hall–Kier alpha value is -1.67. The minimum absolute atomic E-state index is 0.128. The van der Waals surface area contributed by atoms with Crippen LogP contribution in [0.25, 0.3) is 0 Å². The van der Waals surface area contributed by atoms with Crippen molar-refractivity contribution in [2.24, 2.45) is 5.84 Å². The van der Waals surface area contributed by atoms with E-state index >= 15 is 0 Å². The second kappa shape index (κ2) is 4.24. The highest BCUT2D eigenvalue weighted by atomic mass is 35.5. The van der Waals surface area contributed by atoms with Crippen LogP contribution in [0.2, 0.25) is 5.02 Å². The van der Waals surface area contributed by atoms with Gasteiger partial charge in [0, 0.05) is 0 Å². The topological polar surface area (TPSA) is 116 Å². The Morgan fingerprint density at radius 1 is 1.87 bits per heavy atom. The van der Waals surface area contributed by atoms with Crippen LogP contribution < -0.4 is 11.3 Å². The van der Waals surface area contributed by atoms with Crippen LogP contribution in [0.1, 0.15) is 13.0 Å². The summed E-state index contributed by atoms with van der Waals surface area (Å²) in [5.41, 5.74) is 1.91. The van der Waals surface area contributed by atoms with E-state index in [2.05, 4.69) is 5.10 Å². The van der Waals surface area contributed by atoms with Gasteiger partial charge in [0.05, 0.1) is 11.3 Å². The number of nitrogens with two attached hydrogens (primary N) is 1. The monoisotopic (exact) mass is 233 g/mol. The van der Waals surface area contributed by atoms with E-state index in [9.17, 15) is 14.9 Å². The first-order valence-corrected chi connectivity index (χ1v) is 4.24. The molecule has 0 aromatic carbocycles. The minimum Gasteiger partial charge on any atom is -0.358 e. The number of hydrazine groups is 1. The molecule has 0 fully saturated rings. The van der Waals surface area contributed by atoms with Crippen LogP contribution in [-0.2, 0) is 4.79 Å². The molecule has 0 aliphatic carbocycles. The molecule has 3 N–H and O–H groups in total. The number of carbonyl (C=O) groups is 1. The molecule has 0 spiro atoms. The molecule has 1 rings (SSSR count). The number of amides is 1. The Balaban J connectivity index is 3.02. The molecule has 1 atom stereocenters. The number of hydrogen-bond acceptors (Lipinski definition) is 5. The molecule has 0 bridgehead atoms. The lowest BCUT2D eigenvalue weighted by molar-refractivity contribution is -0.389. The number of nitrogens with zero attached hydrogens (tertiary/aromatic N) is 3. The lowest BCUT2D eigenvalue weighted by Crippen LogP contribution is -2.36. The summed E-state index contributed by atoms with van der Waals surface area (Å²) >= 11 is 5.54. The molecule has 0 saturated heterocycles. The van der Waals surface area contributed by atoms with Gasteiger partial charge in [0.25, 0.3) is 5.91 Å². The van der Waals surface area contributed by atoms with Gasteiger partial charge in [0.1, 0.15) is 0 Å². The van der Waals surface area contributed by atoms with Crippen LogP contribution in [0, 0.1) is 10.1 Å². The number of nitro groups is 1. The highest BCUT2D eigenvalue weighted by Crippen LogP contribution is 2.23. The second-order valence-electron chi connectivity index (χ2n) is 2.72. The molecule has 0 aliphatic heterocycles. The first kappa shape index (κ1) is 11.4. The van der Waals surface area contributed by atoms with E-state index in [1.807, 2.05) is 5.43 Å². The summed E-state index contributed by atoms with van der Waals surface area (Å²) in [5.74, 6) is 3.89. The average Bonchev–Trinajstić information content (AvgIpc) is 2.58. The highest BCUT2D eigenvalue weighted by molar-refractivity contribution is 6.32. The summed E-state index contributed by atoms with van der Waals surface area (Å²) in [7, 11) is 0. The van der Waals surface area contributed by atoms with Crippen molar-refractivity contribution in [2.45, 2.75) is 13.0 Å². The van der Waals surface area contributed by atoms with Gasteiger partial charge in [0.15, 0.2) is 11.1 Å². The standard InChI is InChI=1S/C6H8ClN5O3/c1-3(6(13)9-8)11-2-4(7)5(10-11)12(14)15/h2-3H,8H2,1H3,(H,9,13). The Labute approximate surface area is 89.1 Å². The third kappa shape index (κ3) is 2.22. The van der Waals surface area contributed by atoms with Crippen molar-refractivity contribution in [1.82, 2.24) is 15.2 Å². The third-order valence-electron chi connectivity index (χ3n) is 1.76. The van der Waals surface area contributed by atoms with Gasteiger partial charge in [-0.05, 0) is 11.8 Å². The van der Waals surface area contributed by atoms with Gasteiger partial charge in [0.2, 0.25) is 0 Å². The van der Waals surface area contributed by atoms with Crippen LogP contribution in [0.4, 0.5) is 5.82 Å². The molecule has 1 amide bonds. The van der Waals surface area contributed by atoms with Crippen molar-refractivity contribution in [3.63, 3.8) is 0 Å². The fourth-order valence-electron chi connectivity index (χ4n) is 0.923. The molecule has 0 saturated carbocycles. The van der Waals surface area contributed by atoms with Crippen molar-refractivity contribution in [2.75, 3.05) is 0 Å². The van der Waals surface area contributed by atoms with E-state index in [1.54, 1.807) is 0 Å². The van der Waals surface area contributed by atoms with E-state index in [0.717, 1.165) is 4.68 Å². The second-order valence-corrected chi connectivity index (χ2v) is 3.13. The largest absolute Gasteiger partial charge is 0.408 e. The smallest absolute Gasteiger partial charge is 0.358 e. The van der Waals surface area contributed by atoms with Gasteiger partial charge in [-0.3, -0.25) is 10.2 Å². The predicted molar refractivity (Wildman–Crippen MR) is 50.9 cm³/mol. The van der Waals surface area contributed by atoms with Crippen LogP contribution in [0.3, 0.4) is 0 Å².